The van der Waals surface area contributed by atoms with Crippen LogP contribution in [0, 0.1) is 0 Å². The number of nitrogens with one attached hydrogen (secondary N) is 2. The van der Waals surface area contributed by atoms with Crippen LogP contribution in [0.4, 0.5) is 5.69 Å². The van der Waals surface area contributed by atoms with E-state index in [9.17, 15) is 14.4 Å². The first kappa shape index (κ1) is 22.1. The largest absolute Gasteiger partial charge is 0.366 e. The molecule has 0 aliphatic carbocycles. The minimum absolute atomic E-state index is 0.0974. The topological polar surface area (TPSA) is 101 Å². The summed E-state index contributed by atoms with van der Waals surface area (Å²) in [7, 11) is 0. The lowest BCUT2D eigenvalue weighted by molar-refractivity contribution is -0.118. The smallest absolute Gasteiger partial charge is 0.253 e. The fourth-order valence-electron chi connectivity index (χ4n) is 2.41. The molecule has 6 nitrogen and oxygen atoms in total. The molecule has 3 amide bonds. The van der Waals surface area contributed by atoms with E-state index in [4.69, 9.17) is 28.9 Å². The maximum absolute atomic E-state index is 12.7. The van der Waals surface area contributed by atoms with Gasteiger partial charge in [0, 0.05) is 5.69 Å². The standard InChI is InChI=1S/C19H19Cl2N3O3S/c1-28-9-8-16(24-18(26)12-4-2-3-5-14(12)20)19(27)23-11-6-7-15(21)13(10-11)17(22)25/h2-7,10,16H,8-9H2,1H3,(H2,22,25)(H,23,27)(H,24,26). The van der Waals surface area contributed by atoms with Crippen molar-refractivity contribution < 1.29 is 14.4 Å². The second kappa shape index (κ2) is 10.4. The second-order valence-corrected chi connectivity index (χ2v) is 7.64. The molecule has 9 heteroatoms. The van der Waals surface area contributed by atoms with Gasteiger partial charge in [0.2, 0.25) is 11.8 Å². The number of primary amides is 1. The zero-order valence-corrected chi connectivity index (χ0v) is 17.3. The number of carbonyl (C=O) groups is 3. The minimum atomic E-state index is -0.788. The summed E-state index contributed by atoms with van der Waals surface area (Å²) in [6, 6.07) is 10.2. The number of nitrogens with two attached hydrogens (primary N) is 1. The van der Waals surface area contributed by atoms with Gasteiger partial charge in [-0.15, -0.1) is 0 Å². The predicted octanol–water partition coefficient (Wildman–Crippen LogP) is 3.58. The van der Waals surface area contributed by atoms with Gasteiger partial charge in [-0.3, -0.25) is 14.4 Å². The van der Waals surface area contributed by atoms with Crippen molar-refractivity contribution >= 4 is 58.4 Å². The summed E-state index contributed by atoms with van der Waals surface area (Å²) < 4.78 is 0. The fourth-order valence-corrected chi connectivity index (χ4v) is 3.31. The second-order valence-electron chi connectivity index (χ2n) is 5.84. The van der Waals surface area contributed by atoms with E-state index in [1.54, 1.807) is 42.1 Å². The van der Waals surface area contributed by atoms with Gasteiger partial charge < -0.3 is 16.4 Å². The zero-order chi connectivity index (χ0) is 20.7. The highest BCUT2D eigenvalue weighted by Crippen LogP contribution is 2.21. The molecule has 28 heavy (non-hydrogen) atoms. The Hall–Kier alpha value is -2.22. The summed E-state index contributed by atoms with van der Waals surface area (Å²) in [5, 5.41) is 5.88. The van der Waals surface area contributed by atoms with Crippen molar-refractivity contribution in [2.24, 2.45) is 5.73 Å². The number of rotatable bonds is 8. The van der Waals surface area contributed by atoms with E-state index in [2.05, 4.69) is 10.6 Å². The van der Waals surface area contributed by atoms with Gasteiger partial charge in [0.15, 0.2) is 0 Å². The third-order valence-corrected chi connectivity index (χ3v) is 5.15. The third kappa shape index (κ3) is 5.89. The monoisotopic (exact) mass is 439 g/mol. The van der Waals surface area contributed by atoms with Crippen molar-refractivity contribution in [2.45, 2.75) is 12.5 Å². The maximum Gasteiger partial charge on any atom is 0.253 e. The van der Waals surface area contributed by atoms with Gasteiger partial charge in [0.1, 0.15) is 6.04 Å². The van der Waals surface area contributed by atoms with Crippen LogP contribution in [0.25, 0.3) is 0 Å². The molecule has 2 aromatic carbocycles. The van der Waals surface area contributed by atoms with E-state index in [-0.39, 0.29) is 16.1 Å². The summed E-state index contributed by atoms with van der Waals surface area (Å²) in [4.78, 5) is 36.7. The Kier molecular flexibility index (Phi) is 8.17. The normalized spacial score (nSPS) is 11.5. The fraction of sp³-hybridized carbons (Fsp3) is 0.211. The van der Waals surface area contributed by atoms with Gasteiger partial charge in [-0.1, -0.05) is 35.3 Å². The highest BCUT2D eigenvalue weighted by atomic mass is 35.5. The molecule has 1 atom stereocenters. The number of hydrogen-bond acceptors (Lipinski definition) is 4. The van der Waals surface area contributed by atoms with Crippen molar-refractivity contribution in [3.05, 3.63) is 63.6 Å². The van der Waals surface area contributed by atoms with Crippen LogP contribution >= 0.6 is 35.0 Å². The van der Waals surface area contributed by atoms with E-state index < -0.39 is 23.8 Å². The molecule has 0 spiro atoms. The molecule has 0 aromatic heterocycles. The van der Waals surface area contributed by atoms with Crippen molar-refractivity contribution in [3.63, 3.8) is 0 Å². The van der Waals surface area contributed by atoms with Crippen LogP contribution in [-0.4, -0.2) is 35.8 Å². The molecule has 0 radical (unpaired) electrons. The van der Waals surface area contributed by atoms with Crippen LogP contribution in [0.2, 0.25) is 10.0 Å². The minimum Gasteiger partial charge on any atom is -0.366 e. The molecule has 0 saturated carbocycles. The summed E-state index contributed by atoms with van der Waals surface area (Å²) in [5.41, 5.74) is 6.01. The lowest BCUT2D eigenvalue weighted by Gasteiger charge is -2.19. The third-order valence-electron chi connectivity index (χ3n) is 3.85. The quantitative estimate of drug-likeness (QED) is 0.584. The van der Waals surface area contributed by atoms with Gasteiger partial charge in [-0.25, -0.2) is 0 Å². The molecule has 4 N–H and O–H groups in total. The number of anilines is 1. The Labute approximate surface area is 177 Å². The summed E-state index contributed by atoms with van der Waals surface area (Å²) in [6.07, 6.45) is 2.32. The molecule has 0 aliphatic rings. The molecule has 2 aromatic rings. The van der Waals surface area contributed by atoms with Crippen molar-refractivity contribution in [1.29, 1.82) is 0 Å². The number of halogens is 2. The van der Waals surface area contributed by atoms with Crippen LogP contribution in [0.5, 0.6) is 0 Å². The van der Waals surface area contributed by atoms with Crippen molar-refractivity contribution in [2.75, 3.05) is 17.3 Å². The molecule has 0 saturated heterocycles. The predicted molar refractivity (Wildman–Crippen MR) is 114 cm³/mol. The maximum atomic E-state index is 12.7. The zero-order valence-electron chi connectivity index (χ0n) is 15.0. The van der Waals surface area contributed by atoms with Crippen LogP contribution in [-0.2, 0) is 4.79 Å². The Balaban J connectivity index is 2.17. The summed E-state index contributed by atoms with van der Waals surface area (Å²) in [5.74, 6) is -0.909. The lowest BCUT2D eigenvalue weighted by atomic mass is 10.1. The summed E-state index contributed by atoms with van der Waals surface area (Å²) in [6.45, 7) is 0. The molecule has 148 valence electrons. The van der Waals surface area contributed by atoms with E-state index >= 15 is 0 Å². The number of thioether (sulfide) groups is 1. The Morgan fingerprint density at radius 3 is 2.39 bits per heavy atom. The van der Waals surface area contributed by atoms with E-state index in [1.807, 2.05) is 6.26 Å². The van der Waals surface area contributed by atoms with Crippen LogP contribution in [0.3, 0.4) is 0 Å². The van der Waals surface area contributed by atoms with E-state index in [0.29, 0.717) is 22.9 Å². The first-order chi connectivity index (χ1) is 13.3. The van der Waals surface area contributed by atoms with Crippen molar-refractivity contribution in [1.82, 2.24) is 5.32 Å². The number of benzene rings is 2. The Morgan fingerprint density at radius 1 is 1.07 bits per heavy atom. The molecule has 2 rings (SSSR count). The van der Waals surface area contributed by atoms with Gasteiger partial charge in [-0.2, -0.15) is 11.8 Å². The van der Waals surface area contributed by atoms with E-state index in [1.165, 1.54) is 12.1 Å². The number of carbonyl (C=O) groups excluding carboxylic acids is 3. The van der Waals surface area contributed by atoms with Gasteiger partial charge in [0.25, 0.3) is 5.91 Å². The Morgan fingerprint density at radius 2 is 1.75 bits per heavy atom. The van der Waals surface area contributed by atoms with Gasteiger partial charge >= 0.3 is 0 Å². The first-order valence-electron chi connectivity index (χ1n) is 8.28. The first-order valence-corrected chi connectivity index (χ1v) is 10.4. The number of amides is 3. The van der Waals surface area contributed by atoms with Gasteiger partial charge in [0.05, 0.1) is 21.2 Å². The highest BCUT2D eigenvalue weighted by molar-refractivity contribution is 7.98. The molecular formula is C19H19Cl2N3O3S. The molecule has 0 heterocycles. The van der Waals surface area contributed by atoms with Crippen LogP contribution in [0.15, 0.2) is 42.5 Å². The highest BCUT2D eigenvalue weighted by Gasteiger charge is 2.22. The molecule has 0 fully saturated rings. The SMILES string of the molecule is CSCCC(NC(=O)c1ccccc1Cl)C(=O)Nc1ccc(Cl)c(C(N)=O)c1. The molecule has 1 unspecified atom stereocenters. The Bertz CT molecular complexity index is 892. The average molecular weight is 440 g/mol. The average Bonchev–Trinajstić information content (AvgIpc) is 2.66. The number of hydrogen-bond donors (Lipinski definition) is 3. The van der Waals surface area contributed by atoms with Crippen molar-refractivity contribution in [3.8, 4) is 0 Å². The summed E-state index contributed by atoms with van der Waals surface area (Å²) >= 11 is 13.5. The lowest BCUT2D eigenvalue weighted by Crippen LogP contribution is -2.44. The molecule has 0 bridgehead atoms. The molecular weight excluding hydrogens is 421 g/mol. The van der Waals surface area contributed by atoms with E-state index in [0.717, 1.165) is 0 Å². The van der Waals surface area contributed by atoms with Gasteiger partial charge in [-0.05, 0) is 48.8 Å². The van der Waals surface area contributed by atoms with Crippen LogP contribution < -0.4 is 16.4 Å². The van der Waals surface area contributed by atoms with Crippen LogP contribution in [0.1, 0.15) is 27.1 Å². The molecule has 0 aliphatic heterocycles.